The molecule has 2 atom stereocenters. The average molecular weight is 452 g/mol. The number of nitrogens with zero attached hydrogens (tertiary/aromatic N) is 4. The highest BCUT2D eigenvalue weighted by Gasteiger charge is 2.40. The highest BCUT2D eigenvalue weighted by Crippen LogP contribution is 2.50. The van der Waals surface area contributed by atoms with Crippen molar-refractivity contribution in [3.63, 3.8) is 0 Å². The van der Waals surface area contributed by atoms with E-state index >= 15 is 0 Å². The van der Waals surface area contributed by atoms with Gasteiger partial charge in [0.25, 0.3) is 0 Å². The van der Waals surface area contributed by atoms with Gasteiger partial charge >= 0.3 is 0 Å². The number of anilines is 2. The molecule has 0 radical (unpaired) electrons. The molecule has 0 bridgehead atoms. The van der Waals surface area contributed by atoms with E-state index in [9.17, 15) is 0 Å². The van der Waals surface area contributed by atoms with Crippen molar-refractivity contribution < 1.29 is 9.47 Å². The van der Waals surface area contributed by atoms with E-state index in [1.54, 1.807) is 13.4 Å². The van der Waals surface area contributed by atoms with E-state index in [0.29, 0.717) is 5.95 Å². The molecule has 0 spiro atoms. The molecule has 170 valence electrons. The summed E-state index contributed by atoms with van der Waals surface area (Å²) in [7, 11) is 5.76. The summed E-state index contributed by atoms with van der Waals surface area (Å²) in [6.45, 7) is 0. The normalized spacial score (nSPS) is 18.2. The maximum atomic E-state index is 6.68. The van der Waals surface area contributed by atoms with E-state index in [-0.39, 0.29) is 12.1 Å². The summed E-state index contributed by atoms with van der Waals surface area (Å²) in [5.74, 6) is 2.36. The standard InChI is InChI=1S/C27H25N5O2/c1-31(2)19-12-8-18(9-13-19)26-23-24(21-6-4-5-7-22(21)34-26)30-27-28-16-29-32(27)25(23)17-10-14-20(33-3)15-11-17/h4-16,25-26H,1-3H3,(H,28,29,30)/t25-,26+/m0/s1. The Labute approximate surface area is 198 Å². The zero-order chi connectivity index (χ0) is 23.2. The Morgan fingerprint density at radius 3 is 2.41 bits per heavy atom. The highest BCUT2D eigenvalue weighted by atomic mass is 16.5. The van der Waals surface area contributed by atoms with Gasteiger partial charge in [0.1, 0.15) is 30.0 Å². The highest BCUT2D eigenvalue weighted by molar-refractivity contribution is 5.85. The van der Waals surface area contributed by atoms with E-state index in [0.717, 1.165) is 45.1 Å². The van der Waals surface area contributed by atoms with E-state index in [1.807, 2.05) is 49.1 Å². The van der Waals surface area contributed by atoms with Crippen LogP contribution < -0.4 is 19.7 Å². The van der Waals surface area contributed by atoms with Gasteiger partial charge in [-0.05, 0) is 47.5 Å². The Kier molecular flexibility index (Phi) is 4.76. The predicted octanol–water partition coefficient (Wildman–Crippen LogP) is 4.91. The van der Waals surface area contributed by atoms with Crippen molar-refractivity contribution in [3.8, 4) is 11.5 Å². The lowest BCUT2D eigenvalue weighted by Crippen LogP contribution is -2.32. The van der Waals surface area contributed by atoms with Crippen molar-refractivity contribution in [3.05, 3.63) is 101 Å². The van der Waals surface area contributed by atoms with Gasteiger partial charge in [0.2, 0.25) is 5.95 Å². The molecule has 2 aliphatic heterocycles. The first-order chi connectivity index (χ1) is 16.6. The molecule has 0 amide bonds. The SMILES string of the molecule is COc1ccc([C@H]2C3=C(Nc4ncnn42)c2ccccc2O[C@@H]3c2ccc(N(C)C)cc2)cc1. The van der Waals surface area contributed by atoms with E-state index in [1.165, 1.54) is 0 Å². The van der Waals surface area contributed by atoms with Crippen LogP contribution >= 0.6 is 0 Å². The van der Waals surface area contributed by atoms with Crippen LogP contribution in [-0.4, -0.2) is 36.0 Å². The number of nitrogens with one attached hydrogen (secondary N) is 1. The first-order valence-electron chi connectivity index (χ1n) is 11.2. The van der Waals surface area contributed by atoms with Crippen LogP contribution in [0, 0.1) is 0 Å². The molecule has 1 N–H and O–H groups in total. The number of ether oxygens (including phenoxy) is 2. The van der Waals surface area contributed by atoms with Gasteiger partial charge in [-0.2, -0.15) is 10.1 Å². The minimum Gasteiger partial charge on any atom is -0.497 e. The summed E-state index contributed by atoms with van der Waals surface area (Å²) < 4.78 is 14.0. The second kappa shape index (κ2) is 7.95. The summed E-state index contributed by atoms with van der Waals surface area (Å²) >= 11 is 0. The van der Waals surface area contributed by atoms with Crippen LogP contribution in [0.3, 0.4) is 0 Å². The average Bonchev–Trinajstić information content (AvgIpc) is 3.35. The first-order valence-corrected chi connectivity index (χ1v) is 11.2. The topological polar surface area (TPSA) is 64.4 Å². The zero-order valence-electron chi connectivity index (χ0n) is 19.3. The van der Waals surface area contributed by atoms with Crippen LogP contribution in [0.15, 0.2) is 84.7 Å². The lowest BCUT2D eigenvalue weighted by atomic mass is 9.84. The van der Waals surface area contributed by atoms with Gasteiger partial charge in [0.05, 0.1) is 12.8 Å². The summed E-state index contributed by atoms with van der Waals surface area (Å²) in [5, 5.41) is 8.13. The Morgan fingerprint density at radius 1 is 0.941 bits per heavy atom. The molecule has 34 heavy (non-hydrogen) atoms. The van der Waals surface area contributed by atoms with Crippen molar-refractivity contribution in [2.75, 3.05) is 31.4 Å². The molecule has 0 aliphatic carbocycles. The third kappa shape index (κ3) is 3.20. The predicted molar refractivity (Wildman–Crippen MR) is 132 cm³/mol. The maximum absolute atomic E-state index is 6.68. The number of rotatable bonds is 4. The first kappa shape index (κ1) is 20.4. The minimum atomic E-state index is -0.293. The summed E-state index contributed by atoms with van der Waals surface area (Å²) in [6.07, 6.45) is 1.29. The largest absolute Gasteiger partial charge is 0.497 e. The number of para-hydroxylation sites is 1. The fourth-order valence-electron chi connectivity index (χ4n) is 4.75. The van der Waals surface area contributed by atoms with Crippen LogP contribution in [0.5, 0.6) is 11.5 Å². The monoisotopic (exact) mass is 451 g/mol. The number of methoxy groups -OCH3 is 1. The van der Waals surface area contributed by atoms with Crippen LogP contribution in [0.25, 0.3) is 5.70 Å². The van der Waals surface area contributed by atoms with Gasteiger partial charge in [-0.25, -0.2) is 4.68 Å². The fourth-order valence-corrected chi connectivity index (χ4v) is 4.75. The third-order valence-electron chi connectivity index (χ3n) is 6.47. The molecule has 0 saturated carbocycles. The lowest BCUT2D eigenvalue weighted by Gasteiger charge is -2.39. The number of hydrogen-bond donors (Lipinski definition) is 1. The molecule has 3 aromatic carbocycles. The molecule has 0 fully saturated rings. The summed E-state index contributed by atoms with van der Waals surface area (Å²) in [6, 6.07) is 24.6. The molecule has 2 aliphatic rings. The molecule has 0 unspecified atom stereocenters. The number of fused-ring (bicyclic) bond motifs is 3. The van der Waals surface area contributed by atoms with Crippen molar-refractivity contribution >= 4 is 17.3 Å². The molecule has 3 heterocycles. The third-order valence-corrected chi connectivity index (χ3v) is 6.47. The van der Waals surface area contributed by atoms with Crippen LogP contribution in [0.4, 0.5) is 11.6 Å². The molecule has 1 aromatic heterocycles. The van der Waals surface area contributed by atoms with Gasteiger partial charge < -0.3 is 19.7 Å². The number of benzene rings is 3. The molecule has 0 saturated heterocycles. The second-order valence-corrected chi connectivity index (χ2v) is 8.64. The number of aromatic nitrogens is 3. The van der Waals surface area contributed by atoms with Crippen LogP contribution in [-0.2, 0) is 0 Å². The zero-order valence-corrected chi connectivity index (χ0v) is 19.3. The summed E-state index contributed by atoms with van der Waals surface area (Å²) in [5.41, 5.74) is 6.44. The van der Waals surface area contributed by atoms with Crippen molar-refractivity contribution in [1.29, 1.82) is 0 Å². The molecule has 7 heteroatoms. The quantitative estimate of drug-likeness (QED) is 0.476. The Morgan fingerprint density at radius 2 is 1.68 bits per heavy atom. The van der Waals surface area contributed by atoms with Gasteiger partial charge in [-0.15, -0.1) is 0 Å². The molecule has 7 nitrogen and oxygen atoms in total. The minimum absolute atomic E-state index is 0.188. The summed E-state index contributed by atoms with van der Waals surface area (Å²) in [4.78, 5) is 6.59. The maximum Gasteiger partial charge on any atom is 0.226 e. The van der Waals surface area contributed by atoms with Gasteiger partial charge in [0, 0.05) is 30.9 Å². The molecule has 4 aromatic rings. The number of hydrogen-bond acceptors (Lipinski definition) is 6. The Bertz CT molecular complexity index is 1370. The Balaban J connectivity index is 1.56. The van der Waals surface area contributed by atoms with Gasteiger partial charge in [-0.1, -0.05) is 36.4 Å². The van der Waals surface area contributed by atoms with Crippen LogP contribution in [0.2, 0.25) is 0 Å². The van der Waals surface area contributed by atoms with Crippen molar-refractivity contribution in [1.82, 2.24) is 14.8 Å². The molecular formula is C27H25N5O2. The molecular weight excluding hydrogens is 426 g/mol. The van der Waals surface area contributed by atoms with E-state index in [4.69, 9.17) is 9.47 Å². The smallest absolute Gasteiger partial charge is 0.226 e. The fraction of sp³-hybridized carbons (Fsp3) is 0.185. The van der Waals surface area contributed by atoms with Gasteiger partial charge in [0.15, 0.2) is 0 Å². The Hall–Kier alpha value is -4.26. The van der Waals surface area contributed by atoms with Crippen molar-refractivity contribution in [2.24, 2.45) is 0 Å². The molecule has 6 rings (SSSR count). The lowest BCUT2D eigenvalue weighted by molar-refractivity contribution is 0.223. The van der Waals surface area contributed by atoms with E-state index < -0.39 is 0 Å². The van der Waals surface area contributed by atoms with E-state index in [2.05, 4.69) is 62.8 Å². The van der Waals surface area contributed by atoms with Crippen molar-refractivity contribution in [2.45, 2.75) is 12.1 Å². The van der Waals surface area contributed by atoms with Crippen LogP contribution in [0.1, 0.15) is 28.8 Å². The van der Waals surface area contributed by atoms with Gasteiger partial charge in [-0.3, -0.25) is 0 Å². The second-order valence-electron chi connectivity index (χ2n) is 8.64.